The normalized spacial score (nSPS) is 16.6. The van der Waals surface area contributed by atoms with E-state index in [2.05, 4.69) is 10.6 Å². The molecule has 1 aliphatic heterocycles. The summed E-state index contributed by atoms with van der Waals surface area (Å²) in [6.45, 7) is 1.77. The van der Waals surface area contributed by atoms with Crippen LogP contribution in [0.3, 0.4) is 0 Å². The molecule has 1 fully saturated rings. The van der Waals surface area contributed by atoms with E-state index in [4.69, 9.17) is 15.2 Å². The number of nitrogens with two attached hydrogens (primary N) is 1. The Morgan fingerprint density at radius 3 is 2.74 bits per heavy atom. The lowest BCUT2D eigenvalue weighted by Crippen LogP contribution is -2.47. The van der Waals surface area contributed by atoms with E-state index in [9.17, 15) is 9.59 Å². The first kappa shape index (κ1) is 17.2. The van der Waals surface area contributed by atoms with E-state index in [0.29, 0.717) is 18.0 Å². The molecule has 2 amide bonds. The predicted molar refractivity (Wildman–Crippen MR) is 86.2 cm³/mol. The fourth-order valence-electron chi connectivity index (χ4n) is 2.70. The van der Waals surface area contributed by atoms with Gasteiger partial charge in [-0.25, -0.2) is 0 Å². The highest BCUT2D eigenvalue weighted by Crippen LogP contribution is 2.31. The maximum Gasteiger partial charge on any atom is 0.255 e. The minimum absolute atomic E-state index is 0.0621. The molecule has 4 N–H and O–H groups in total. The quantitative estimate of drug-likeness (QED) is 0.679. The summed E-state index contributed by atoms with van der Waals surface area (Å²) >= 11 is 0. The van der Waals surface area contributed by atoms with Gasteiger partial charge in [-0.15, -0.1) is 0 Å². The summed E-state index contributed by atoms with van der Waals surface area (Å²) < 4.78 is 10.5. The number of benzene rings is 1. The van der Waals surface area contributed by atoms with E-state index in [0.717, 1.165) is 25.9 Å². The Hall–Kier alpha value is -2.12. The number of carbonyl (C=O) groups excluding carboxylic acids is 2. The van der Waals surface area contributed by atoms with E-state index < -0.39 is 11.3 Å². The van der Waals surface area contributed by atoms with Crippen LogP contribution in [0, 0.1) is 5.41 Å². The van der Waals surface area contributed by atoms with Gasteiger partial charge in [0.05, 0.1) is 12.0 Å². The number of rotatable bonds is 7. The number of anilines is 1. The van der Waals surface area contributed by atoms with Gasteiger partial charge in [-0.3, -0.25) is 9.59 Å². The fraction of sp³-hybridized carbons (Fsp3) is 0.500. The summed E-state index contributed by atoms with van der Waals surface area (Å²) in [5.74, 6) is -0.131. The van der Waals surface area contributed by atoms with Crippen molar-refractivity contribution in [3.63, 3.8) is 0 Å². The third-order valence-corrected chi connectivity index (χ3v) is 3.94. The molecule has 1 heterocycles. The molecule has 0 radical (unpaired) electrons. The van der Waals surface area contributed by atoms with Crippen molar-refractivity contribution in [3.05, 3.63) is 24.3 Å². The average Bonchev–Trinajstić information content (AvgIpc) is 2.54. The molecular weight excluding hydrogens is 298 g/mol. The number of hydrogen-bond donors (Lipinski definition) is 3. The topological polar surface area (TPSA) is 103 Å². The van der Waals surface area contributed by atoms with Crippen LogP contribution in [0.15, 0.2) is 24.3 Å². The van der Waals surface area contributed by atoms with Crippen molar-refractivity contribution >= 4 is 17.5 Å². The van der Waals surface area contributed by atoms with E-state index in [1.54, 1.807) is 31.4 Å². The lowest BCUT2D eigenvalue weighted by atomic mass is 9.78. The Morgan fingerprint density at radius 2 is 2.09 bits per heavy atom. The molecule has 23 heavy (non-hydrogen) atoms. The van der Waals surface area contributed by atoms with Gasteiger partial charge in [0, 0.05) is 18.9 Å². The predicted octanol–water partition coefficient (Wildman–Crippen LogP) is 0.505. The van der Waals surface area contributed by atoms with Crippen LogP contribution in [-0.4, -0.2) is 45.2 Å². The molecule has 1 saturated heterocycles. The second kappa shape index (κ2) is 7.94. The number of hydrogen-bond acceptors (Lipinski definition) is 5. The van der Waals surface area contributed by atoms with E-state index in [1.165, 1.54) is 0 Å². The van der Waals surface area contributed by atoms with Crippen LogP contribution in [0.1, 0.15) is 12.8 Å². The van der Waals surface area contributed by atoms with Crippen LogP contribution in [0.5, 0.6) is 5.75 Å². The molecule has 0 aliphatic carbocycles. The second-order valence-electron chi connectivity index (χ2n) is 5.70. The lowest BCUT2D eigenvalue weighted by molar-refractivity contribution is -0.130. The van der Waals surface area contributed by atoms with Crippen molar-refractivity contribution in [3.8, 4) is 5.75 Å². The monoisotopic (exact) mass is 321 g/mol. The Morgan fingerprint density at radius 1 is 1.35 bits per heavy atom. The summed E-state index contributed by atoms with van der Waals surface area (Å²) in [7, 11) is 1.61. The van der Waals surface area contributed by atoms with Crippen molar-refractivity contribution in [2.75, 3.05) is 38.7 Å². The van der Waals surface area contributed by atoms with Gasteiger partial charge < -0.3 is 25.8 Å². The summed E-state index contributed by atoms with van der Waals surface area (Å²) in [5.41, 5.74) is 5.15. The molecule has 1 aromatic rings. The number of carbonyl (C=O) groups is 2. The largest absolute Gasteiger partial charge is 0.484 e. The molecule has 1 aliphatic rings. The molecule has 1 aromatic carbocycles. The molecule has 0 bridgehead atoms. The second-order valence-corrected chi connectivity index (χ2v) is 5.70. The Labute approximate surface area is 135 Å². The van der Waals surface area contributed by atoms with Crippen LogP contribution in [0.4, 0.5) is 5.69 Å². The van der Waals surface area contributed by atoms with Gasteiger partial charge >= 0.3 is 0 Å². The van der Waals surface area contributed by atoms with Crippen LogP contribution in [0.25, 0.3) is 0 Å². The van der Waals surface area contributed by atoms with Gasteiger partial charge in [0.15, 0.2) is 6.61 Å². The first-order chi connectivity index (χ1) is 11.1. The molecule has 126 valence electrons. The smallest absolute Gasteiger partial charge is 0.255 e. The first-order valence-electron chi connectivity index (χ1n) is 7.58. The molecule has 0 atom stereocenters. The molecule has 7 heteroatoms. The lowest BCUT2D eigenvalue weighted by Gasteiger charge is -2.35. The van der Waals surface area contributed by atoms with Crippen molar-refractivity contribution in [1.82, 2.24) is 5.32 Å². The van der Waals surface area contributed by atoms with Gasteiger partial charge in [0.1, 0.15) is 5.75 Å². The average molecular weight is 321 g/mol. The van der Waals surface area contributed by atoms with Gasteiger partial charge in [-0.05, 0) is 38.1 Å². The first-order valence-corrected chi connectivity index (χ1v) is 7.58. The molecule has 2 rings (SSSR count). The van der Waals surface area contributed by atoms with Crippen molar-refractivity contribution in [2.45, 2.75) is 12.8 Å². The van der Waals surface area contributed by atoms with Gasteiger partial charge in [0.2, 0.25) is 5.91 Å². The Kier molecular flexibility index (Phi) is 5.95. The van der Waals surface area contributed by atoms with E-state index >= 15 is 0 Å². The zero-order valence-electron chi connectivity index (χ0n) is 13.3. The standard InChI is InChI=1S/C16H23N3O4/c1-22-11-16(5-7-18-8-6-16)15(21)19-12-3-2-4-13(9-12)23-10-14(17)20/h2-4,9,18H,5-8,10-11H2,1H3,(H2,17,20)(H,19,21). The van der Waals surface area contributed by atoms with Crippen LogP contribution in [-0.2, 0) is 14.3 Å². The SMILES string of the molecule is COCC1(C(=O)Nc2cccc(OCC(N)=O)c2)CCNCC1. The summed E-state index contributed by atoms with van der Waals surface area (Å²) in [6, 6.07) is 6.89. The minimum Gasteiger partial charge on any atom is -0.484 e. The Balaban J connectivity index is 2.06. The van der Waals surface area contributed by atoms with Crippen LogP contribution < -0.4 is 21.1 Å². The van der Waals surface area contributed by atoms with Crippen molar-refractivity contribution in [1.29, 1.82) is 0 Å². The van der Waals surface area contributed by atoms with E-state index in [1.807, 2.05) is 0 Å². The van der Waals surface area contributed by atoms with Gasteiger partial charge in [0.25, 0.3) is 5.91 Å². The minimum atomic E-state index is -0.548. The number of amides is 2. The zero-order chi connectivity index (χ0) is 16.7. The maximum atomic E-state index is 12.7. The van der Waals surface area contributed by atoms with Crippen LogP contribution in [0.2, 0.25) is 0 Å². The third kappa shape index (κ3) is 4.67. The molecule has 0 unspecified atom stereocenters. The fourth-order valence-corrected chi connectivity index (χ4v) is 2.70. The highest BCUT2D eigenvalue weighted by molar-refractivity contribution is 5.95. The highest BCUT2D eigenvalue weighted by Gasteiger charge is 2.39. The zero-order valence-corrected chi connectivity index (χ0v) is 13.3. The molecular formula is C16H23N3O4. The Bertz CT molecular complexity index is 551. The number of methoxy groups -OCH3 is 1. The maximum absolute atomic E-state index is 12.7. The van der Waals surface area contributed by atoms with Crippen molar-refractivity contribution < 1.29 is 19.1 Å². The summed E-state index contributed by atoms with van der Waals surface area (Å²) in [6.07, 6.45) is 1.45. The van der Waals surface area contributed by atoms with Crippen LogP contribution >= 0.6 is 0 Å². The van der Waals surface area contributed by atoms with Gasteiger partial charge in [-0.1, -0.05) is 6.07 Å². The van der Waals surface area contributed by atoms with Gasteiger partial charge in [-0.2, -0.15) is 0 Å². The summed E-state index contributed by atoms with van der Waals surface area (Å²) in [5, 5.41) is 6.18. The molecule has 7 nitrogen and oxygen atoms in total. The molecule has 0 spiro atoms. The van der Waals surface area contributed by atoms with Crippen molar-refractivity contribution in [2.24, 2.45) is 11.1 Å². The highest BCUT2D eigenvalue weighted by atomic mass is 16.5. The third-order valence-electron chi connectivity index (χ3n) is 3.94. The number of piperidine rings is 1. The number of primary amides is 1. The van der Waals surface area contributed by atoms with E-state index in [-0.39, 0.29) is 12.5 Å². The number of nitrogens with one attached hydrogen (secondary N) is 2. The molecule has 0 aromatic heterocycles. The molecule has 0 saturated carbocycles. The number of ether oxygens (including phenoxy) is 2. The summed E-state index contributed by atoms with van der Waals surface area (Å²) in [4.78, 5) is 23.5.